The van der Waals surface area contributed by atoms with Crippen molar-refractivity contribution in [3.63, 3.8) is 0 Å². The summed E-state index contributed by atoms with van der Waals surface area (Å²) in [6.45, 7) is 4.56. The first-order chi connectivity index (χ1) is 11.0. The quantitative estimate of drug-likeness (QED) is 0.248. The summed E-state index contributed by atoms with van der Waals surface area (Å²) in [5.41, 5.74) is -0.973. The van der Waals surface area contributed by atoms with Crippen LogP contribution in [-0.4, -0.2) is 33.9 Å². The fourth-order valence-corrected chi connectivity index (χ4v) is 3.65. The van der Waals surface area contributed by atoms with Gasteiger partial charge in [0.2, 0.25) is 5.91 Å². The van der Waals surface area contributed by atoms with Crippen LogP contribution in [0.2, 0.25) is 0 Å². The van der Waals surface area contributed by atoms with Crippen LogP contribution in [0.4, 0.5) is 0 Å². The Hall–Kier alpha value is -1.41. The van der Waals surface area contributed by atoms with Crippen molar-refractivity contribution < 1.29 is 14.3 Å². The maximum Gasteiger partial charge on any atom is 0.337 e. The molecule has 2 fully saturated rings. The highest BCUT2D eigenvalue weighted by Gasteiger charge is 2.61. The van der Waals surface area contributed by atoms with E-state index < -0.39 is 11.5 Å². The van der Waals surface area contributed by atoms with Gasteiger partial charge in [-0.2, -0.15) is 0 Å². The SMILES string of the molecule is C=CC1CC1(NC(=O)C1CC(I)CN1)C(=O)Oc1ccccc1. The van der Waals surface area contributed by atoms with Gasteiger partial charge in [0.1, 0.15) is 11.3 Å². The molecule has 1 saturated carbocycles. The van der Waals surface area contributed by atoms with E-state index in [4.69, 9.17) is 4.74 Å². The number of carbonyl (C=O) groups excluding carboxylic acids is 2. The van der Waals surface area contributed by atoms with E-state index in [-0.39, 0.29) is 17.9 Å². The Labute approximate surface area is 149 Å². The van der Waals surface area contributed by atoms with Gasteiger partial charge >= 0.3 is 5.97 Å². The Morgan fingerprint density at radius 2 is 2.13 bits per heavy atom. The lowest BCUT2D eigenvalue weighted by Crippen LogP contribution is -2.52. The smallest absolute Gasteiger partial charge is 0.337 e. The first kappa shape index (κ1) is 16.4. The van der Waals surface area contributed by atoms with Crippen LogP contribution in [0.15, 0.2) is 43.0 Å². The van der Waals surface area contributed by atoms with Crippen molar-refractivity contribution in [2.75, 3.05) is 6.54 Å². The number of para-hydroxylation sites is 1. The minimum atomic E-state index is -0.973. The van der Waals surface area contributed by atoms with Crippen molar-refractivity contribution in [2.24, 2.45) is 5.92 Å². The van der Waals surface area contributed by atoms with E-state index in [0.717, 1.165) is 13.0 Å². The Morgan fingerprint density at radius 1 is 1.39 bits per heavy atom. The normalized spacial score (nSPS) is 32.1. The highest BCUT2D eigenvalue weighted by atomic mass is 127. The fourth-order valence-electron chi connectivity index (χ4n) is 2.89. The molecule has 1 aromatic rings. The van der Waals surface area contributed by atoms with Crippen molar-refractivity contribution in [3.8, 4) is 5.75 Å². The highest BCUT2D eigenvalue weighted by Crippen LogP contribution is 2.45. The molecule has 3 rings (SSSR count). The van der Waals surface area contributed by atoms with Crippen LogP contribution in [0.1, 0.15) is 12.8 Å². The van der Waals surface area contributed by atoms with Gasteiger partial charge in [-0.1, -0.05) is 46.9 Å². The molecule has 5 nitrogen and oxygen atoms in total. The molecule has 2 N–H and O–H groups in total. The van der Waals surface area contributed by atoms with Crippen LogP contribution in [0, 0.1) is 5.92 Å². The predicted octanol–water partition coefficient (Wildman–Crippen LogP) is 1.82. The molecule has 1 amide bonds. The number of halogens is 1. The fraction of sp³-hybridized carbons (Fsp3) is 0.412. The van der Waals surface area contributed by atoms with Gasteiger partial charge < -0.3 is 15.4 Å². The van der Waals surface area contributed by atoms with Crippen molar-refractivity contribution in [1.82, 2.24) is 10.6 Å². The van der Waals surface area contributed by atoms with Crippen LogP contribution < -0.4 is 15.4 Å². The third-order valence-corrected chi connectivity index (χ3v) is 5.31. The second kappa shape index (κ2) is 6.60. The molecule has 1 heterocycles. The minimum absolute atomic E-state index is 0.0838. The molecule has 0 spiro atoms. The molecular weight excluding hydrogens is 407 g/mol. The Kier molecular flexibility index (Phi) is 4.72. The summed E-state index contributed by atoms with van der Waals surface area (Å²) in [6, 6.07) is 8.65. The molecular formula is C17H19IN2O3. The molecule has 0 bridgehead atoms. The zero-order valence-corrected chi connectivity index (χ0v) is 14.8. The predicted molar refractivity (Wildman–Crippen MR) is 95.5 cm³/mol. The van der Waals surface area contributed by atoms with Crippen molar-refractivity contribution in [3.05, 3.63) is 43.0 Å². The number of nitrogens with one attached hydrogen (secondary N) is 2. The molecule has 122 valence electrons. The number of alkyl halides is 1. The molecule has 1 aliphatic carbocycles. The molecule has 2 aliphatic rings. The largest absolute Gasteiger partial charge is 0.425 e. The number of esters is 1. The van der Waals surface area contributed by atoms with E-state index in [0.29, 0.717) is 16.1 Å². The third kappa shape index (κ3) is 3.42. The number of amides is 1. The summed E-state index contributed by atoms with van der Waals surface area (Å²) >= 11 is 2.32. The van der Waals surface area contributed by atoms with E-state index in [1.807, 2.05) is 6.07 Å². The van der Waals surface area contributed by atoms with Crippen molar-refractivity contribution in [1.29, 1.82) is 0 Å². The second-order valence-electron chi connectivity index (χ2n) is 6.00. The summed E-state index contributed by atoms with van der Waals surface area (Å²) in [4.78, 5) is 25.0. The van der Waals surface area contributed by atoms with Gasteiger partial charge in [-0.15, -0.1) is 6.58 Å². The van der Waals surface area contributed by atoms with Gasteiger partial charge in [0, 0.05) is 16.4 Å². The Bertz CT molecular complexity index is 622. The number of hydrogen-bond acceptors (Lipinski definition) is 4. The number of carbonyl (C=O) groups is 2. The molecule has 1 saturated heterocycles. The van der Waals surface area contributed by atoms with Crippen LogP contribution in [0.25, 0.3) is 0 Å². The van der Waals surface area contributed by atoms with Gasteiger partial charge in [0.25, 0.3) is 0 Å². The number of ether oxygens (including phenoxy) is 1. The monoisotopic (exact) mass is 426 g/mol. The van der Waals surface area contributed by atoms with Gasteiger partial charge in [-0.25, -0.2) is 4.79 Å². The molecule has 23 heavy (non-hydrogen) atoms. The summed E-state index contributed by atoms with van der Waals surface area (Å²) in [5.74, 6) is -0.170. The molecule has 0 aromatic heterocycles. The summed E-state index contributed by atoms with van der Waals surface area (Å²) in [7, 11) is 0. The van der Waals surface area contributed by atoms with Crippen LogP contribution in [0.3, 0.4) is 0 Å². The summed E-state index contributed by atoms with van der Waals surface area (Å²) in [5, 5.41) is 6.08. The standard InChI is InChI=1S/C17H19IN2O3/c1-2-11-9-17(11,16(22)23-13-6-4-3-5-7-13)20-15(21)14-8-12(18)10-19-14/h2-7,11-12,14,19H,1,8-10H2,(H,20,21). The molecule has 4 atom stereocenters. The van der Waals surface area contributed by atoms with Crippen LogP contribution in [0.5, 0.6) is 5.75 Å². The zero-order chi connectivity index (χ0) is 16.4. The first-order valence-corrected chi connectivity index (χ1v) is 8.89. The number of benzene rings is 1. The molecule has 1 aromatic carbocycles. The van der Waals surface area contributed by atoms with Gasteiger partial charge in [0.15, 0.2) is 0 Å². The van der Waals surface area contributed by atoms with E-state index in [1.54, 1.807) is 30.3 Å². The lowest BCUT2D eigenvalue weighted by Gasteiger charge is -2.20. The van der Waals surface area contributed by atoms with Gasteiger partial charge in [-0.3, -0.25) is 4.79 Å². The maximum atomic E-state index is 12.6. The van der Waals surface area contributed by atoms with E-state index in [9.17, 15) is 9.59 Å². The van der Waals surface area contributed by atoms with E-state index in [2.05, 4.69) is 39.8 Å². The second-order valence-corrected chi connectivity index (χ2v) is 7.76. The van der Waals surface area contributed by atoms with Crippen molar-refractivity contribution >= 4 is 34.5 Å². The minimum Gasteiger partial charge on any atom is -0.425 e. The van der Waals surface area contributed by atoms with E-state index in [1.165, 1.54) is 0 Å². The summed E-state index contributed by atoms with van der Waals surface area (Å²) < 4.78 is 5.87. The third-order valence-electron chi connectivity index (χ3n) is 4.36. The van der Waals surface area contributed by atoms with E-state index >= 15 is 0 Å². The van der Waals surface area contributed by atoms with Crippen LogP contribution >= 0.6 is 22.6 Å². The molecule has 1 aliphatic heterocycles. The lowest BCUT2D eigenvalue weighted by atomic mass is 10.1. The topological polar surface area (TPSA) is 67.4 Å². The average molecular weight is 426 g/mol. The van der Waals surface area contributed by atoms with Crippen molar-refractivity contribution in [2.45, 2.75) is 28.3 Å². The van der Waals surface area contributed by atoms with Crippen LogP contribution in [-0.2, 0) is 9.59 Å². The average Bonchev–Trinajstić information content (AvgIpc) is 3.09. The maximum absolute atomic E-state index is 12.6. The number of hydrogen-bond donors (Lipinski definition) is 2. The first-order valence-electron chi connectivity index (χ1n) is 7.64. The Morgan fingerprint density at radius 3 is 2.70 bits per heavy atom. The lowest BCUT2D eigenvalue weighted by molar-refractivity contribution is -0.141. The highest BCUT2D eigenvalue weighted by molar-refractivity contribution is 14.1. The van der Waals surface area contributed by atoms with Gasteiger partial charge in [0.05, 0.1) is 6.04 Å². The Balaban J connectivity index is 1.69. The molecule has 4 unspecified atom stereocenters. The van der Waals surface area contributed by atoms with Gasteiger partial charge in [-0.05, 0) is 25.0 Å². The molecule has 0 radical (unpaired) electrons. The summed E-state index contributed by atoms with van der Waals surface area (Å²) in [6.07, 6.45) is 3.01. The molecule has 6 heteroatoms. The zero-order valence-electron chi connectivity index (χ0n) is 12.6. The number of rotatable bonds is 5.